The second-order valence-electron chi connectivity index (χ2n) is 4.25. The number of hydrogen-bond acceptors (Lipinski definition) is 2. The van der Waals surface area contributed by atoms with Gasteiger partial charge in [0.15, 0.2) is 0 Å². The Kier molecular flexibility index (Phi) is 3.72. The Bertz CT molecular complexity index is 178. The fourth-order valence-electron chi connectivity index (χ4n) is 1.70. The lowest BCUT2D eigenvalue weighted by Gasteiger charge is -2.13. The molecule has 0 bridgehead atoms. The Hall–Kier alpha value is -0.570. The predicted molar refractivity (Wildman–Crippen MR) is 51.4 cm³/mol. The van der Waals surface area contributed by atoms with Gasteiger partial charge in [-0.15, -0.1) is 0 Å². The molecular weight excluding hydrogens is 166 g/mol. The number of nitrogens with two attached hydrogens (primary N) is 1. The lowest BCUT2D eigenvalue weighted by molar-refractivity contribution is -0.137. The van der Waals surface area contributed by atoms with Crippen molar-refractivity contribution in [1.82, 2.24) is 0 Å². The van der Waals surface area contributed by atoms with Crippen LogP contribution < -0.4 is 5.73 Å². The van der Waals surface area contributed by atoms with Crippen molar-refractivity contribution in [3.8, 4) is 0 Å². The summed E-state index contributed by atoms with van der Waals surface area (Å²) in [6, 6.07) is -0.154. The summed E-state index contributed by atoms with van der Waals surface area (Å²) >= 11 is 0. The van der Waals surface area contributed by atoms with E-state index in [1.165, 1.54) is 12.8 Å². The molecule has 0 heterocycles. The third-order valence-corrected chi connectivity index (χ3v) is 2.86. The summed E-state index contributed by atoms with van der Waals surface area (Å²) in [7, 11) is 0. The molecule has 1 rings (SSSR count). The third-order valence-electron chi connectivity index (χ3n) is 2.86. The molecule has 0 spiro atoms. The molecule has 2 atom stereocenters. The van der Waals surface area contributed by atoms with E-state index in [1.807, 2.05) is 0 Å². The first kappa shape index (κ1) is 10.5. The molecule has 0 aromatic carbocycles. The molecular formula is C10H19NO2. The second-order valence-corrected chi connectivity index (χ2v) is 4.25. The number of hydrogen-bond donors (Lipinski definition) is 2. The predicted octanol–water partition coefficient (Wildman–Crippen LogP) is 1.61. The summed E-state index contributed by atoms with van der Waals surface area (Å²) in [6.45, 7) is 2.24. The van der Waals surface area contributed by atoms with Crippen molar-refractivity contribution in [3.63, 3.8) is 0 Å². The molecule has 1 fully saturated rings. The van der Waals surface area contributed by atoms with E-state index in [2.05, 4.69) is 6.92 Å². The fraction of sp³-hybridized carbons (Fsp3) is 0.900. The van der Waals surface area contributed by atoms with Crippen molar-refractivity contribution >= 4 is 5.97 Å². The fourth-order valence-corrected chi connectivity index (χ4v) is 1.70. The minimum atomic E-state index is -0.786. The Morgan fingerprint density at radius 3 is 2.62 bits per heavy atom. The maximum Gasteiger partial charge on any atom is 0.304 e. The molecule has 0 aromatic heterocycles. The van der Waals surface area contributed by atoms with Crippen LogP contribution in [0.25, 0.3) is 0 Å². The average Bonchev–Trinajstić information content (AvgIpc) is 2.80. The molecule has 3 nitrogen and oxygen atoms in total. The normalized spacial score (nSPS) is 21.1. The maximum atomic E-state index is 10.3. The van der Waals surface area contributed by atoms with Crippen LogP contribution in [0.5, 0.6) is 0 Å². The number of carboxylic acid groups (broad SMARTS) is 1. The van der Waals surface area contributed by atoms with Gasteiger partial charge in [-0.1, -0.05) is 6.92 Å². The van der Waals surface area contributed by atoms with E-state index in [1.54, 1.807) is 0 Å². The van der Waals surface area contributed by atoms with E-state index in [-0.39, 0.29) is 12.5 Å². The van der Waals surface area contributed by atoms with E-state index in [0.29, 0.717) is 0 Å². The van der Waals surface area contributed by atoms with Gasteiger partial charge in [0.05, 0.1) is 6.42 Å². The molecule has 3 heteroatoms. The van der Waals surface area contributed by atoms with Crippen LogP contribution in [0, 0.1) is 11.8 Å². The zero-order valence-electron chi connectivity index (χ0n) is 8.20. The van der Waals surface area contributed by atoms with E-state index in [4.69, 9.17) is 10.8 Å². The SMILES string of the molecule is C[C@@H](CC[C@H](N)CC(=O)O)C1CC1. The lowest BCUT2D eigenvalue weighted by atomic mass is 9.96. The molecule has 13 heavy (non-hydrogen) atoms. The van der Waals surface area contributed by atoms with Crippen LogP contribution in [0.4, 0.5) is 0 Å². The highest BCUT2D eigenvalue weighted by Gasteiger charge is 2.27. The number of rotatable bonds is 6. The van der Waals surface area contributed by atoms with Gasteiger partial charge in [-0.05, 0) is 37.5 Å². The summed E-state index contributed by atoms with van der Waals surface area (Å²) in [4.78, 5) is 10.3. The number of carboxylic acids is 1. The number of carbonyl (C=O) groups is 1. The quantitative estimate of drug-likeness (QED) is 0.661. The number of aliphatic carboxylic acids is 1. The van der Waals surface area contributed by atoms with Crippen LogP contribution in [0.2, 0.25) is 0 Å². The van der Waals surface area contributed by atoms with E-state index < -0.39 is 5.97 Å². The van der Waals surface area contributed by atoms with Crippen LogP contribution >= 0.6 is 0 Å². The Labute approximate surface area is 79.3 Å². The largest absolute Gasteiger partial charge is 0.481 e. The summed E-state index contributed by atoms with van der Waals surface area (Å²) in [6.07, 6.45) is 4.76. The highest BCUT2D eigenvalue weighted by Crippen LogP contribution is 2.38. The molecule has 1 aliphatic carbocycles. The third kappa shape index (κ3) is 4.27. The molecule has 0 saturated heterocycles. The van der Waals surface area contributed by atoms with Crippen LogP contribution in [-0.4, -0.2) is 17.1 Å². The van der Waals surface area contributed by atoms with Gasteiger partial charge in [-0.25, -0.2) is 0 Å². The van der Waals surface area contributed by atoms with Gasteiger partial charge in [0.1, 0.15) is 0 Å². The highest BCUT2D eigenvalue weighted by molar-refractivity contribution is 5.67. The lowest BCUT2D eigenvalue weighted by Crippen LogP contribution is -2.24. The van der Waals surface area contributed by atoms with Crippen LogP contribution in [0.3, 0.4) is 0 Å². The van der Waals surface area contributed by atoms with Crippen molar-refractivity contribution in [3.05, 3.63) is 0 Å². The topological polar surface area (TPSA) is 63.3 Å². The summed E-state index contributed by atoms with van der Waals surface area (Å²) in [5.74, 6) is 0.850. The Morgan fingerprint density at radius 2 is 2.15 bits per heavy atom. The smallest absolute Gasteiger partial charge is 0.304 e. The molecule has 0 unspecified atom stereocenters. The zero-order chi connectivity index (χ0) is 9.84. The van der Waals surface area contributed by atoms with Gasteiger partial charge in [-0.2, -0.15) is 0 Å². The first-order valence-corrected chi connectivity index (χ1v) is 5.07. The van der Waals surface area contributed by atoms with Gasteiger partial charge in [-0.3, -0.25) is 4.79 Å². The highest BCUT2D eigenvalue weighted by atomic mass is 16.4. The van der Waals surface area contributed by atoms with Crippen molar-refractivity contribution < 1.29 is 9.90 Å². The van der Waals surface area contributed by atoms with Crippen molar-refractivity contribution in [2.24, 2.45) is 17.6 Å². The molecule has 3 N–H and O–H groups in total. The van der Waals surface area contributed by atoms with Crippen molar-refractivity contribution in [2.75, 3.05) is 0 Å². The van der Waals surface area contributed by atoms with E-state index in [0.717, 1.165) is 24.7 Å². The molecule has 0 aromatic rings. The summed E-state index contributed by atoms with van der Waals surface area (Å²) in [5, 5.41) is 8.49. The van der Waals surface area contributed by atoms with E-state index in [9.17, 15) is 4.79 Å². The second kappa shape index (κ2) is 4.61. The monoisotopic (exact) mass is 185 g/mol. The van der Waals surface area contributed by atoms with Crippen molar-refractivity contribution in [1.29, 1.82) is 0 Å². The summed E-state index contributed by atoms with van der Waals surface area (Å²) in [5.41, 5.74) is 5.66. The first-order valence-electron chi connectivity index (χ1n) is 5.07. The average molecular weight is 185 g/mol. The molecule has 1 aliphatic rings. The Balaban J connectivity index is 2.06. The molecule has 1 saturated carbocycles. The standard InChI is InChI=1S/C10H19NO2/c1-7(8-3-4-8)2-5-9(11)6-10(12)13/h7-9H,2-6,11H2,1H3,(H,12,13)/t7-,9-/m0/s1. The maximum absolute atomic E-state index is 10.3. The van der Waals surface area contributed by atoms with Gasteiger partial charge >= 0.3 is 5.97 Å². The van der Waals surface area contributed by atoms with E-state index >= 15 is 0 Å². The van der Waals surface area contributed by atoms with Gasteiger partial charge in [0, 0.05) is 6.04 Å². The minimum absolute atomic E-state index is 0.109. The van der Waals surface area contributed by atoms with Crippen LogP contribution in [-0.2, 0) is 4.79 Å². The van der Waals surface area contributed by atoms with Gasteiger partial charge in [0.25, 0.3) is 0 Å². The molecule has 0 radical (unpaired) electrons. The minimum Gasteiger partial charge on any atom is -0.481 e. The zero-order valence-corrected chi connectivity index (χ0v) is 8.20. The van der Waals surface area contributed by atoms with Crippen LogP contribution in [0.15, 0.2) is 0 Å². The molecule has 0 amide bonds. The summed E-state index contributed by atoms with van der Waals surface area (Å²) < 4.78 is 0. The molecule has 0 aliphatic heterocycles. The first-order chi connectivity index (χ1) is 6.09. The molecule has 76 valence electrons. The van der Waals surface area contributed by atoms with Gasteiger partial charge < -0.3 is 10.8 Å². The Morgan fingerprint density at radius 1 is 1.54 bits per heavy atom. The van der Waals surface area contributed by atoms with Crippen LogP contribution in [0.1, 0.15) is 39.0 Å². The van der Waals surface area contributed by atoms with Crippen molar-refractivity contribution in [2.45, 2.75) is 45.1 Å². The van der Waals surface area contributed by atoms with Gasteiger partial charge in [0.2, 0.25) is 0 Å².